The Labute approximate surface area is 65.9 Å². The van der Waals surface area contributed by atoms with E-state index in [9.17, 15) is 0 Å². The molecule has 62 valence electrons. The van der Waals surface area contributed by atoms with Crippen molar-refractivity contribution in [2.24, 2.45) is 0 Å². The largest absolute Gasteiger partial charge is 0.458 e. The quantitative estimate of drug-likeness (QED) is 0.652. The second-order valence-electron chi connectivity index (χ2n) is 2.48. The second kappa shape index (κ2) is 3.44. The molecule has 1 aliphatic rings. The van der Waals surface area contributed by atoms with Gasteiger partial charge in [0.05, 0.1) is 6.61 Å². The molecule has 3 heteroatoms. The van der Waals surface area contributed by atoms with E-state index in [0.29, 0.717) is 0 Å². The van der Waals surface area contributed by atoms with Crippen LogP contribution in [-0.4, -0.2) is 18.5 Å². The fourth-order valence-electron chi connectivity index (χ4n) is 0.767. The molecule has 0 fully saturated rings. The molecule has 0 spiro atoms. The maximum absolute atomic E-state index is 8.69. The van der Waals surface area contributed by atoms with Crippen LogP contribution in [0.4, 0.5) is 0 Å². The predicted molar refractivity (Wildman–Crippen MR) is 40.6 cm³/mol. The van der Waals surface area contributed by atoms with Gasteiger partial charge >= 0.3 is 0 Å². The number of allylic oxidation sites excluding steroid dienone is 2. The Hall–Kier alpha value is -0.960. The van der Waals surface area contributed by atoms with Crippen molar-refractivity contribution in [3.05, 3.63) is 23.2 Å². The minimum Gasteiger partial charge on any atom is -0.458 e. The molecule has 0 aromatic carbocycles. The van der Waals surface area contributed by atoms with E-state index in [0.717, 1.165) is 17.1 Å². The zero-order valence-corrected chi connectivity index (χ0v) is 6.76. The Morgan fingerprint density at radius 3 is 2.82 bits per heavy atom. The summed E-state index contributed by atoms with van der Waals surface area (Å²) in [6.07, 6.45) is 1.78. The number of aliphatic hydroxyl groups excluding tert-OH is 1. The summed E-state index contributed by atoms with van der Waals surface area (Å²) in [7, 11) is 0. The lowest BCUT2D eigenvalue weighted by Gasteiger charge is -1.95. The fourth-order valence-corrected chi connectivity index (χ4v) is 0.767. The van der Waals surface area contributed by atoms with E-state index >= 15 is 0 Å². The van der Waals surface area contributed by atoms with Gasteiger partial charge in [0.2, 0.25) is 6.79 Å². The van der Waals surface area contributed by atoms with Crippen LogP contribution in [0.25, 0.3) is 0 Å². The van der Waals surface area contributed by atoms with Crippen molar-refractivity contribution in [1.29, 1.82) is 0 Å². The van der Waals surface area contributed by atoms with Gasteiger partial charge in [0.15, 0.2) is 5.76 Å². The van der Waals surface area contributed by atoms with Crippen LogP contribution < -0.4 is 0 Å². The van der Waals surface area contributed by atoms with Crippen molar-refractivity contribution in [2.45, 2.75) is 13.8 Å². The van der Waals surface area contributed by atoms with Gasteiger partial charge in [-0.15, -0.1) is 0 Å². The zero-order chi connectivity index (χ0) is 8.27. The van der Waals surface area contributed by atoms with Crippen molar-refractivity contribution in [3.63, 3.8) is 0 Å². The molecule has 0 saturated heterocycles. The molecular formula is C8H12O3. The lowest BCUT2D eigenvalue weighted by atomic mass is 10.2. The van der Waals surface area contributed by atoms with Crippen molar-refractivity contribution >= 4 is 0 Å². The molecule has 0 unspecified atom stereocenters. The average Bonchev–Trinajstić information content (AvgIpc) is 2.37. The number of aliphatic hydroxyl groups is 1. The van der Waals surface area contributed by atoms with E-state index in [1.165, 1.54) is 0 Å². The summed E-state index contributed by atoms with van der Waals surface area (Å²) in [5, 5.41) is 8.69. The number of ether oxygens (including phenoxy) is 2. The third-order valence-electron chi connectivity index (χ3n) is 1.46. The third kappa shape index (κ3) is 1.98. The Kier molecular flexibility index (Phi) is 2.54. The molecule has 0 saturated carbocycles. The maximum atomic E-state index is 8.69. The van der Waals surface area contributed by atoms with Gasteiger partial charge in [0.25, 0.3) is 0 Å². The van der Waals surface area contributed by atoms with Gasteiger partial charge in [-0.1, -0.05) is 0 Å². The van der Waals surface area contributed by atoms with Crippen molar-refractivity contribution < 1.29 is 14.6 Å². The van der Waals surface area contributed by atoms with Crippen LogP contribution in [0.2, 0.25) is 0 Å². The van der Waals surface area contributed by atoms with E-state index in [2.05, 4.69) is 0 Å². The third-order valence-corrected chi connectivity index (χ3v) is 1.46. The maximum Gasteiger partial charge on any atom is 0.230 e. The monoisotopic (exact) mass is 156 g/mol. The van der Waals surface area contributed by atoms with Gasteiger partial charge in [0, 0.05) is 0 Å². The van der Waals surface area contributed by atoms with Gasteiger partial charge in [-0.3, -0.25) is 0 Å². The van der Waals surface area contributed by atoms with Crippen molar-refractivity contribution in [2.75, 3.05) is 13.4 Å². The van der Waals surface area contributed by atoms with E-state index in [1.807, 2.05) is 13.8 Å². The van der Waals surface area contributed by atoms with E-state index < -0.39 is 0 Å². The molecule has 11 heavy (non-hydrogen) atoms. The van der Waals surface area contributed by atoms with Crippen LogP contribution in [0, 0.1) is 0 Å². The van der Waals surface area contributed by atoms with E-state index in [-0.39, 0.29) is 13.4 Å². The summed E-state index contributed by atoms with van der Waals surface area (Å²) in [6, 6.07) is 0. The normalized spacial score (nSPS) is 18.3. The predicted octanol–water partition coefficient (Wildman–Crippen LogP) is 1.16. The minimum absolute atomic E-state index is 0.0557. The fraction of sp³-hybridized carbons (Fsp3) is 0.500. The SMILES string of the molecule is CC1=C(/C=C(/C)CO)OCO1. The first-order valence-corrected chi connectivity index (χ1v) is 3.48. The van der Waals surface area contributed by atoms with Crippen LogP contribution in [0.1, 0.15) is 13.8 Å². The highest BCUT2D eigenvalue weighted by Gasteiger charge is 2.09. The molecule has 0 aromatic rings. The molecule has 0 radical (unpaired) electrons. The summed E-state index contributed by atoms with van der Waals surface area (Å²) in [6.45, 7) is 4.02. The molecular weight excluding hydrogens is 144 g/mol. The summed E-state index contributed by atoms with van der Waals surface area (Å²) in [5.74, 6) is 1.49. The molecule has 0 aliphatic carbocycles. The standard InChI is InChI=1S/C8H12O3/c1-6(4-9)3-8-7(2)10-5-11-8/h3,9H,4-5H2,1-2H3/b6-3-. The molecule has 1 rings (SSSR count). The number of hydrogen-bond acceptors (Lipinski definition) is 3. The number of rotatable bonds is 2. The number of hydrogen-bond donors (Lipinski definition) is 1. The molecule has 3 nitrogen and oxygen atoms in total. The molecule has 0 atom stereocenters. The first kappa shape index (κ1) is 8.14. The highest BCUT2D eigenvalue weighted by atomic mass is 16.7. The molecule has 0 amide bonds. The Balaban J connectivity index is 2.68. The molecule has 1 aliphatic heterocycles. The first-order chi connectivity index (χ1) is 5.24. The minimum atomic E-state index is 0.0557. The molecule has 1 heterocycles. The Morgan fingerprint density at radius 2 is 2.36 bits per heavy atom. The smallest absolute Gasteiger partial charge is 0.230 e. The lowest BCUT2D eigenvalue weighted by molar-refractivity contribution is 0.0749. The van der Waals surface area contributed by atoms with Gasteiger partial charge in [0.1, 0.15) is 5.76 Å². The van der Waals surface area contributed by atoms with E-state index in [4.69, 9.17) is 14.6 Å². The summed E-state index contributed by atoms with van der Waals surface area (Å²) < 4.78 is 10.1. The topological polar surface area (TPSA) is 38.7 Å². The molecule has 0 bridgehead atoms. The highest BCUT2D eigenvalue weighted by molar-refractivity contribution is 5.21. The van der Waals surface area contributed by atoms with Gasteiger partial charge < -0.3 is 14.6 Å². The first-order valence-electron chi connectivity index (χ1n) is 3.48. The van der Waals surface area contributed by atoms with E-state index in [1.54, 1.807) is 6.08 Å². The van der Waals surface area contributed by atoms with Crippen LogP contribution in [0.3, 0.4) is 0 Å². The van der Waals surface area contributed by atoms with Crippen LogP contribution in [0.5, 0.6) is 0 Å². The van der Waals surface area contributed by atoms with Crippen LogP contribution in [-0.2, 0) is 9.47 Å². The van der Waals surface area contributed by atoms with Crippen LogP contribution in [0.15, 0.2) is 23.2 Å². The molecule has 0 aromatic heterocycles. The lowest BCUT2D eigenvalue weighted by Crippen LogP contribution is -1.87. The Bertz CT molecular complexity index is 203. The summed E-state index contributed by atoms with van der Waals surface area (Å²) in [4.78, 5) is 0. The zero-order valence-electron chi connectivity index (χ0n) is 6.76. The summed E-state index contributed by atoms with van der Waals surface area (Å²) in [5.41, 5.74) is 0.866. The van der Waals surface area contributed by atoms with Gasteiger partial charge in [-0.05, 0) is 25.5 Å². The average molecular weight is 156 g/mol. The summed E-state index contributed by atoms with van der Waals surface area (Å²) >= 11 is 0. The van der Waals surface area contributed by atoms with Crippen LogP contribution >= 0.6 is 0 Å². The van der Waals surface area contributed by atoms with Gasteiger partial charge in [-0.2, -0.15) is 0 Å². The molecule has 1 N–H and O–H groups in total. The van der Waals surface area contributed by atoms with Crippen molar-refractivity contribution in [3.8, 4) is 0 Å². The highest BCUT2D eigenvalue weighted by Crippen LogP contribution is 2.17. The van der Waals surface area contributed by atoms with Gasteiger partial charge in [-0.25, -0.2) is 0 Å². The van der Waals surface area contributed by atoms with Crippen molar-refractivity contribution in [1.82, 2.24) is 0 Å². The Morgan fingerprint density at radius 1 is 1.64 bits per heavy atom. The second-order valence-corrected chi connectivity index (χ2v) is 2.48.